The molecule has 43 heavy (non-hydrogen) atoms. The van der Waals surface area contributed by atoms with E-state index in [4.69, 9.17) is 24.6 Å². The number of nitrogens with one attached hydrogen (secondary N) is 2. The molecule has 1 amide bonds. The van der Waals surface area contributed by atoms with E-state index in [0.717, 1.165) is 54.3 Å². The van der Waals surface area contributed by atoms with Gasteiger partial charge in [-0.3, -0.25) is 0 Å². The second kappa shape index (κ2) is 13.0. The summed E-state index contributed by atoms with van der Waals surface area (Å²) >= 11 is 0. The molecular formula is C33H42N6O4. The second-order valence-corrected chi connectivity index (χ2v) is 12.2. The zero-order valence-electron chi connectivity index (χ0n) is 25.7. The van der Waals surface area contributed by atoms with Crippen LogP contribution in [-0.2, 0) is 16.1 Å². The molecule has 4 heterocycles. The van der Waals surface area contributed by atoms with E-state index in [-0.39, 0.29) is 18.1 Å². The molecule has 10 heteroatoms. The Kier molecular flexibility index (Phi) is 9.15. The largest absolute Gasteiger partial charge is 0.481 e. The maximum absolute atomic E-state index is 12.6. The molecule has 2 N–H and O–H groups in total. The van der Waals surface area contributed by atoms with Crippen LogP contribution in [0.15, 0.2) is 48.5 Å². The first-order valence-electron chi connectivity index (χ1n) is 14.9. The summed E-state index contributed by atoms with van der Waals surface area (Å²) in [5, 5.41) is 11.5. The number of amides is 1. The fourth-order valence-electron chi connectivity index (χ4n) is 5.42. The average Bonchev–Trinajstić information content (AvgIpc) is 2.96. The first-order chi connectivity index (χ1) is 20.6. The lowest BCUT2D eigenvalue weighted by molar-refractivity contribution is 0.0203. The summed E-state index contributed by atoms with van der Waals surface area (Å²) < 4.78 is 17.2. The molecule has 10 nitrogen and oxygen atoms in total. The maximum atomic E-state index is 12.6. The Morgan fingerprint density at radius 1 is 1.09 bits per heavy atom. The topological polar surface area (TPSA) is 113 Å². The quantitative estimate of drug-likeness (QED) is 0.291. The number of carbonyl (C=O) groups excluding carboxylic acids is 1. The summed E-state index contributed by atoms with van der Waals surface area (Å²) in [6.07, 6.45) is 2.78. The van der Waals surface area contributed by atoms with Crippen LogP contribution < -0.4 is 15.0 Å². The van der Waals surface area contributed by atoms with Crippen molar-refractivity contribution in [3.8, 4) is 5.88 Å². The zero-order valence-corrected chi connectivity index (χ0v) is 25.7. The lowest BCUT2D eigenvalue weighted by Gasteiger charge is -2.40. The molecule has 3 aromatic rings. The van der Waals surface area contributed by atoms with Crippen molar-refractivity contribution in [1.29, 1.82) is 5.41 Å². The molecule has 0 aliphatic carbocycles. The van der Waals surface area contributed by atoms with Gasteiger partial charge in [0.25, 0.3) is 0 Å². The molecule has 5 rings (SSSR count). The number of rotatable bonds is 9. The van der Waals surface area contributed by atoms with Crippen molar-refractivity contribution in [2.75, 3.05) is 43.5 Å². The molecule has 2 aliphatic heterocycles. The summed E-state index contributed by atoms with van der Waals surface area (Å²) in [4.78, 5) is 26.2. The van der Waals surface area contributed by atoms with Gasteiger partial charge < -0.3 is 34.7 Å². The monoisotopic (exact) mass is 586 g/mol. The van der Waals surface area contributed by atoms with Gasteiger partial charge in [0.1, 0.15) is 17.2 Å². The van der Waals surface area contributed by atoms with Crippen LogP contribution in [-0.4, -0.2) is 72.2 Å². The second-order valence-electron chi connectivity index (χ2n) is 12.2. The van der Waals surface area contributed by atoms with Gasteiger partial charge >= 0.3 is 6.09 Å². The van der Waals surface area contributed by atoms with Crippen molar-refractivity contribution in [1.82, 2.24) is 14.9 Å². The van der Waals surface area contributed by atoms with Gasteiger partial charge in [0, 0.05) is 67.4 Å². The van der Waals surface area contributed by atoms with Gasteiger partial charge in [0.2, 0.25) is 5.88 Å². The van der Waals surface area contributed by atoms with Crippen molar-refractivity contribution < 1.29 is 19.0 Å². The number of hydrogen-bond donors (Lipinski definition) is 2. The standard InChI is InChI=1S/C33H42N6O4/c1-22-15-25(18-34)31(37-30(22)24-11-13-38(14-12-24)32(40)43-33(2,3)4)35-26-16-28(36-29(17-26)41-5)39-19-27(20-39)42-21-23-9-7-6-8-10-23/h6-10,15-18,24,27,34H,11-14,19-21H2,1-5H3,(H,35,36,37). The first-order valence-corrected chi connectivity index (χ1v) is 14.9. The van der Waals surface area contributed by atoms with Crippen molar-refractivity contribution in [3.63, 3.8) is 0 Å². The Morgan fingerprint density at radius 2 is 1.81 bits per heavy atom. The zero-order chi connectivity index (χ0) is 30.6. The molecule has 2 saturated heterocycles. The number of aryl methyl sites for hydroxylation is 1. The molecule has 0 radical (unpaired) electrons. The number of piperidine rings is 1. The van der Waals surface area contributed by atoms with Gasteiger partial charge in [-0.2, -0.15) is 4.98 Å². The number of anilines is 3. The SMILES string of the molecule is COc1cc(Nc2nc(C3CCN(C(=O)OC(C)(C)C)CC3)c(C)cc2C=N)cc(N2CC(OCc3ccccc3)C2)n1. The Labute approximate surface area is 253 Å². The molecule has 2 aliphatic rings. The highest BCUT2D eigenvalue weighted by molar-refractivity contribution is 5.86. The van der Waals surface area contributed by atoms with E-state index in [1.807, 2.05) is 64.1 Å². The van der Waals surface area contributed by atoms with E-state index in [9.17, 15) is 4.79 Å². The lowest BCUT2D eigenvalue weighted by atomic mass is 9.90. The van der Waals surface area contributed by atoms with Crippen molar-refractivity contribution in [2.45, 2.75) is 64.8 Å². The van der Waals surface area contributed by atoms with Gasteiger partial charge in [-0.1, -0.05) is 30.3 Å². The maximum Gasteiger partial charge on any atom is 0.410 e. The van der Waals surface area contributed by atoms with E-state index >= 15 is 0 Å². The number of ether oxygens (including phenoxy) is 3. The van der Waals surface area contributed by atoms with Crippen LogP contribution in [0.2, 0.25) is 0 Å². The normalized spacial score (nSPS) is 16.0. The summed E-state index contributed by atoms with van der Waals surface area (Å²) in [5.74, 6) is 2.10. The van der Waals surface area contributed by atoms with Gasteiger partial charge in [0.05, 0.1) is 19.8 Å². The molecule has 0 unspecified atom stereocenters. The number of methoxy groups -OCH3 is 1. The molecule has 0 bridgehead atoms. The van der Waals surface area contributed by atoms with Crippen LogP contribution in [0.5, 0.6) is 5.88 Å². The highest BCUT2D eigenvalue weighted by Gasteiger charge is 2.31. The van der Waals surface area contributed by atoms with Crippen LogP contribution in [0.4, 0.5) is 22.1 Å². The van der Waals surface area contributed by atoms with Gasteiger partial charge in [-0.25, -0.2) is 9.78 Å². The molecule has 228 valence electrons. The van der Waals surface area contributed by atoms with Crippen LogP contribution in [0, 0.1) is 12.3 Å². The average molecular weight is 587 g/mol. The number of hydrogen-bond acceptors (Lipinski definition) is 9. The molecule has 0 atom stereocenters. The number of aromatic nitrogens is 2. The van der Waals surface area contributed by atoms with Crippen LogP contribution in [0.1, 0.15) is 61.9 Å². The number of pyridine rings is 2. The van der Waals surface area contributed by atoms with E-state index in [2.05, 4.69) is 27.3 Å². The Balaban J connectivity index is 1.27. The van der Waals surface area contributed by atoms with Crippen molar-refractivity contribution in [2.24, 2.45) is 0 Å². The minimum atomic E-state index is -0.516. The number of nitrogens with zero attached hydrogens (tertiary/aromatic N) is 4. The van der Waals surface area contributed by atoms with Crippen molar-refractivity contribution in [3.05, 3.63) is 70.9 Å². The van der Waals surface area contributed by atoms with Gasteiger partial charge in [-0.05, 0) is 57.7 Å². The molecule has 2 fully saturated rings. The fraction of sp³-hybridized carbons (Fsp3) is 0.455. The van der Waals surface area contributed by atoms with Crippen LogP contribution in [0.25, 0.3) is 0 Å². The summed E-state index contributed by atoms with van der Waals surface area (Å²) in [6, 6.07) is 16.0. The number of likely N-dealkylation sites (tertiary alicyclic amines) is 1. The third-order valence-corrected chi connectivity index (χ3v) is 7.73. The fourth-order valence-corrected chi connectivity index (χ4v) is 5.42. The lowest BCUT2D eigenvalue weighted by Crippen LogP contribution is -2.52. The molecule has 0 saturated carbocycles. The Bertz CT molecular complexity index is 1430. The van der Waals surface area contributed by atoms with E-state index < -0.39 is 5.60 Å². The summed E-state index contributed by atoms with van der Waals surface area (Å²) in [5.41, 5.74) is 4.14. The molecule has 2 aromatic heterocycles. The first kappa shape index (κ1) is 30.3. The predicted molar refractivity (Wildman–Crippen MR) is 168 cm³/mol. The minimum Gasteiger partial charge on any atom is -0.481 e. The molecule has 1 aromatic carbocycles. The third kappa shape index (κ3) is 7.62. The van der Waals surface area contributed by atoms with E-state index in [1.165, 1.54) is 6.21 Å². The third-order valence-electron chi connectivity index (χ3n) is 7.73. The molecule has 0 spiro atoms. The molecular weight excluding hydrogens is 544 g/mol. The minimum absolute atomic E-state index is 0.136. The Hall–Kier alpha value is -4.18. The number of carbonyl (C=O) groups is 1. The summed E-state index contributed by atoms with van der Waals surface area (Å²) in [6.45, 7) is 11.0. The highest BCUT2D eigenvalue weighted by atomic mass is 16.6. The van der Waals surface area contributed by atoms with E-state index in [1.54, 1.807) is 12.0 Å². The number of benzene rings is 1. The predicted octanol–water partition coefficient (Wildman–Crippen LogP) is 6.05. The Morgan fingerprint density at radius 3 is 2.47 bits per heavy atom. The highest BCUT2D eigenvalue weighted by Crippen LogP contribution is 2.34. The van der Waals surface area contributed by atoms with E-state index in [0.29, 0.717) is 37.0 Å². The van der Waals surface area contributed by atoms with Crippen LogP contribution in [0.3, 0.4) is 0 Å². The van der Waals surface area contributed by atoms with Gasteiger partial charge in [-0.15, -0.1) is 0 Å². The smallest absolute Gasteiger partial charge is 0.410 e. The van der Waals surface area contributed by atoms with Crippen molar-refractivity contribution >= 4 is 29.6 Å². The van der Waals surface area contributed by atoms with Crippen LogP contribution >= 0.6 is 0 Å². The van der Waals surface area contributed by atoms with Gasteiger partial charge in [0.15, 0.2) is 0 Å². The summed E-state index contributed by atoms with van der Waals surface area (Å²) in [7, 11) is 1.60.